The first kappa shape index (κ1) is 16.6. The molecule has 2 fully saturated rings. The minimum Gasteiger partial charge on any atom is -0.346 e. The van der Waals surface area contributed by atoms with Crippen LogP contribution in [0.1, 0.15) is 57.8 Å². The number of hydrogen-bond acceptors (Lipinski definition) is 3. The number of aromatic amines is 1. The second kappa shape index (κ2) is 6.79. The summed E-state index contributed by atoms with van der Waals surface area (Å²) in [4.78, 5) is 20.7. The van der Waals surface area contributed by atoms with Crippen LogP contribution < -0.4 is 10.6 Å². The maximum Gasteiger partial charge on any atom is 0.220 e. The Hall–Kier alpha value is -1.88. The Morgan fingerprint density at radius 1 is 1.24 bits per heavy atom. The SMILES string of the molecule is CC(C)C(NC(=O)CC1CC2CCC(C1)N2)c1nc2ccccc2[nH]1. The van der Waals surface area contributed by atoms with E-state index in [2.05, 4.69) is 34.4 Å². The Morgan fingerprint density at radius 3 is 2.64 bits per heavy atom. The minimum atomic E-state index is -0.0710. The van der Waals surface area contributed by atoms with Gasteiger partial charge in [0.15, 0.2) is 0 Å². The number of piperidine rings is 1. The van der Waals surface area contributed by atoms with Gasteiger partial charge in [-0.25, -0.2) is 4.98 Å². The number of aromatic nitrogens is 2. The van der Waals surface area contributed by atoms with Crippen molar-refractivity contribution in [1.82, 2.24) is 20.6 Å². The van der Waals surface area contributed by atoms with Crippen LogP contribution >= 0.6 is 0 Å². The minimum absolute atomic E-state index is 0.0710. The Kier molecular flexibility index (Phi) is 4.50. The predicted octanol–water partition coefficient (Wildman–Crippen LogP) is 3.30. The van der Waals surface area contributed by atoms with Gasteiger partial charge in [0, 0.05) is 18.5 Å². The van der Waals surface area contributed by atoms with Gasteiger partial charge in [-0.15, -0.1) is 0 Å². The summed E-state index contributed by atoms with van der Waals surface area (Å²) in [6.07, 6.45) is 5.46. The highest BCUT2D eigenvalue weighted by Gasteiger charge is 2.34. The molecule has 2 saturated heterocycles. The largest absolute Gasteiger partial charge is 0.346 e. The number of fused-ring (bicyclic) bond motifs is 3. The molecule has 5 heteroatoms. The molecule has 0 saturated carbocycles. The molecule has 2 aliphatic rings. The summed E-state index contributed by atoms with van der Waals surface area (Å²) in [6.45, 7) is 4.26. The van der Waals surface area contributed by atoms with Crippen LogP contribution in [0.15, 0.2) is 24.3 Å². The first-order valence-electron chi connectivity index (χ1n) is 9.58. The fourth-order valence-corrected chi connectivity index (χ4v) is 4.51. The van der Waals surface area contributed by atoms with Crippen molar-refractivity contribution in [3.05, 3.63) is 30.1 Å². The second-order valence-electron chi connectivity index (χ2n) is 8.11. The van der Waals surface area contributed by atoms with Crippen molar-refractivity contribution >= 4 is 16.9 Å². The van der Waals surface area contributed by atoms with Gasteiger partial charge in [-0.3, -0.25) is 4.79 Å². The van der Waals surface area contributed by atoms with Crippen LogP contribution in [0.3, 0.4) is 0 Å². The van der Waals surface area contributed by atoms with E-state index in [9.17, 15) is 4.79 Å². The molecule has 3 heterocycles. The van der Waals surface area contributed by atoms with Gasteiger partial charge in [0.1, 0.15) is 5.82 Å². The molecule has 25 heavy (non-hydrogen) atoms. The maximum absolute atomic E-state index is 12.7. The van der Waals surface area contributed by atoms with Crippen molar-refractivity contribution < 1.29 is 4.79 Å². The van der Waals surface area contributed by atoms with Crippen LogP contribution in [-0.2, 0) is 4.79 Å². The summed E-state index contributed by atoms with van der Waals surface area (Å²) in [5.41, 5.74) is 1.97. The number of amides is 1. The van der Waals surface area contributed by atoms with E-state index in [1.165, 1.54) is 12.8 Å². The van der Waals surface area contributed by atoms with Gasteiger partial charge in [0.2, 0.25) is 5.91 Å². The van der Waals surface area contributed by atoms with E-state index in [1.807, 2.05) is 24.3 Å². The number of para-hydroxylation sites is 2. The number of H-pyrrole nitrogens is 1. The molecule has 5 nitrogen and oxygen atoms in total. The fraction of sp³-hybridized carbons (Fsp3) is 0.600. The molecule has 3 N–H and O–H groups in total. The molecule has 134 valence electrons. The smallest absolute Gasteiger partial charge is 0.220 e. The molecule has 3 unspecified atom stereocenters. The lowest BCUT2D eigenvalue weighted by atomic mass is 9.89. The van der Waals surface area contributed by atoms with Gasteiger partial charge in [-0.1, -0.05) is 26.0 Å². The molecular formula is C20H28N4O. The molecule has 4 rings (SSSR count). The Morgan fingerprint density at radius 2 is 1.96 bits per heavy atom. The highest BCUT2D eigenvalue weighted by Crippen LogP contribution is 2.33. The van der Waals surface area contributed by atoms with Gasteiger partial charge in [0.05, 0.1) is 17.1 Å². The molecule has 0 aliphatic carbocycles. The molecule has 0 radical (unpaired) electrons. The third kappa shape index (κ3) is 3.56. The van der Waals surface area contributed by atoms with Crippen LogP contribution in [0.25, 0.3) is 11.0 Å². The normalized spacial score (nSPS) is 26.9. The zero-order valence-electron chi connectivity index (χ0n) is 15.1. The van der Waals surface area contributed by atoms with Crippen molar-refractivity contribution in [2.75, 3.05) is 0 Å². The topological polar surface area (TPSA) is 69.8 Å². The number of carbonyl (C=O) groups excluding carboxylic acids is 1. The lowest BCUT2D eigenvalue weighted by Crippen LogP contribution is -2.40. The van der Waals surface area contributed by atoms with Crippen molar-refractivity contribution in [2.45, 2.75) is 64.1 Å². The van der Waals surface area contributed by atoms with Crippen molar-refractivity contribution in [1.29, 1.82) is 0 Å². The second-order valence-corrected chi connectivity index (χ2v) is 8.11. The van der Waals surface area contributed by atoms with Crippen molar-refractivity contribution in [3.8, 4) is 0 Å². The first-order valence-corrected chi connectivity index (χ1v) is 9.58. The monoisotopic (exact) mass is 340 g/mol. The quantitative estimate of drug-likeness (QED) is 0.782. The molecule has 2 aromatic rings. The molecule has 0 spiro atoms. The van der Waals surface area contributed by atoms with E-state index in [-0.39, 0.29) is 17.9 Å². The Labute approximate surface area is 149 Å². The van der Waals surface area contributed by atoms with Crippen LogP contribution in [0, 0.1) is 11.8 Å². The zero-order valence-corrected chi connectivity index (χ0v) is 15.1. The molecular weight excluding hydrogens is 312 g/mol. The van der Waals surface area contributed by atoms with Crippen LogP contribution in [-0.4, -0.2) is 28.0 Å². The molecule has 1 aromatic heterocycles. The van der Waals surface area contributed by atoms with E-state index in [4.69, 9.17) is 0 Å². The number of hydrogen-bond donors (Lipinski definition) is 3. The van der Waals surface area contributed by atoms with Crippen LogP contribution in [0.2, 0.25) is 0 Å². The molecule has 3 atom stereocenters. The average Bonchev–Trinajstić information content (AvgIpc) is 3.15. The Balaban J connectivity index is 1.43. The molecule has 1 aromatic carbocycles. The third-order valence-electron chi connectivity index (χ3n) is 5.73. The predicted molar refractivity (Wildman–Crippen MR) is 99.1 cm³/mol. The highest BCUT2D eigenvalue weighted by atomic mass is 16.1. The summed E-state index contributed by atoms with van der Waals surface area (Å²) in [6, 6.07) is 9.20. The van der Waals surface area contributed by atoms with Gasteiger partial charge in [-0.05, 0) is 49.7 Å². The van der Waals surface area contributed by atoms with Gasteiger partial charge >= 0.3 is 0 Å². The molecule has 2 aliphatic heterocycles. The van der Waals surface area contributed by atoms with E-state index in [0.717, 1.165) is 29.7 Å². The van der Waals surface area contributed by atoms with Crippen molar-refractivity contribution in [2.24, 2.45) is 11.8 Å². The average molecular weight is 340 g/mol. The number of nitrogens with zero attached hydrogens (tertiary/aromatic N) is 1. The lowest BCUT2D eigenvalue weighted by molar-refractivity contribution is -0.123. The van der Waals surface area contributed by atoms with E-state index in [0.29, 0.717) is 24.4 Å². The molecule has 1 amide bonds. The highest BCUT2D eigenvalue weighted by molar-refractivity contribution is 5.77. The standard InChI is InChI=1S/C20H28N4O/c1-12(2)19(20-22-16-5-3-4-6-17(16)23-20)24-18(25)11-13-9-14-7-8-15(10-13)21-14/h3-6,12-15,19,21H,7-11H2,1-2H3,(H,22,23)(H,24,25). The van der Waals surface area contributed by atoms with E-state index >= 15 is 0 Å². The summed E-state index contributed by atoms with van der Waals surface area (Å²) in [7, 11) is 0. The maximum atomic E-state index is 12.7. The van der Waals surface area contributed by atoms with E-state index < -0.39 is 0 Å². The first-order chi connectivity index (χ1) is 12.1. The van der Waals surface area contributed by atoms with Crippen molar-refractivity contribution in [3.63, 3.8) is 0 Å². The van der Waals surface area contributed by atoms with Gasteiger partial charge < -0.3 is 15.6 Å². The van der Waals surface area contributed by atoms with Gasteiger partial charge in [-0.2, -0.15) is 0 Å². The van der Waals surface area contributed by atoms with Crippen LogP contribution in [0.5, 0.6) is 0 Å². The summed E-state index contributed by atoms with van der Waals surface area (Å²) in [5, 5.41) is 6.88. The summed E-state index contributed by atoms with van der Waals surface area (Å²) < 4.78 is 0. The third-order valence-corrected chi connectivity index (χ3v) is 5.73. The summed E-state index contributed by atoms with van der Waals surface area (Å²) >= 11 is 0. The number of rotatable bonds is 5. The Bertz CT molecular complexity index is 708. The number of imidazole rings is 1. The zero-order chi connectivity index (χ0) is 17.4. The molecule has 2 bridgehead atoms. The lowest BCUT2D eigenvalue weighted by Gasteiger charge is -2.29. The number of nitrogens with one attached hydrogen (secondary N) is 3. The fourth-order valence-electron chi connectivity index (χ4n) is 4.51. The summed E-state index contributed by atoms with van der Waals surface area (Å²) in [5.74, 6) is 1.82. The van der Waals surface area contributed by atoms with E-state index in [1.54, 1.807) is 0 Å². The van der Waals surface area contributed by atoms with Crippen LogP contribution in [0.4, 0.5) is 0 Å². The number of benzene rings is 1. The van der Waals surface area contributed by atoms with Gasteiger partial charge in [0.25, 0.3) is 0 Å². The number of carbonyl (C=O) groups is 1.